The van der Waals surface area contributed by atoms with Crippen LogP contribution in [0.1, 0.15) is 33.1 Å². The SMILES string of the molecule is C#CCNC(=O)C(C)NC(C)CN1CCCCC1. The Labute approximate surface area is 110 Å². The van der Waals surface area contributed by atoms with Gasteiger partial charge >= 0.3 is 0 Å². The van der Waals surface area contributed by atoms with Crippen LogP contribution in [0.3, 0.4) is 0 Å². The number of carbonyl (C=O) groups is 1. The van der Waals surface area contributed by atoms with E-state index in [9.17, 15) is 4.79 Å². The van der Waals surface area contributed by atoms with Crippen LogP contribution in [-0.2, 0) is 4.79 Å². The molecule has 4 heteroatoms. The van der Waals surface area contributed by atoms with E-state index in [1.54, 1.807) is 0 Å². The molecule has 0 aromatic rings. The molecular weight excluding hydrogens is 226 g/mol. The van der Waals surface area contributed by atoms with Gasteiger partial charge in [0, 0.05) is 12.6 Å². The Morgan fingerprint density at radius 3 is 2.61 bits per heavy atom. The van der Waals surface area contributed by atoms with Crippen molar-refractivity contribution in [3.63, 3.8) is 0 Å². The summed E-state index contributed by atoms with van der Waals surface area (Å²) in [5.74, 6) is 2.38. The second-order valence-electron chi connectivity index (χ2n) is 5.07. The fourth-order valence-electron chi connectivity index (χ4n) is 2.38. The quantitative estimate of drug-likeness (QED) is 0.679. The second-order valence-corrected chi connectivity index (χ2v) is 5.07. The van der Waals surface area contributed by atoms with Crippen LogP contribution in [0.4, 0.5) is 0 Å². The standard InChI is InChI=1S/C14H25N3O/c1-4-8-15-14(18)13(3)16-12(2)11-17-9-6-5-7-10-17/h1,12-13,16H,5-11H2,2-3H3,(H,15,18). The molecule has 0 aromatic carbocycles. The Balaban J connectivity index is 2.23. The van der Waals surface area contributed by atoms with Crippen molar-refractivity contribution in [1.29, 1.82) is 0 Å². The summed E-state index contributed by atoms with van der Waals surface area (Å²) < 4.78 is 0. The van der Waals surface area contributed by atoms with Crippen molar-refractivity contribution >= 4 is 5.91 Å². The third kappa shape index (κ3) is 5.52. The number of nitrogens with one attached hydrogen (secondary N) is 2. The van der Waals surface area contributed by atoms with Crippen molar-refractivity contribution in [1.82, 2.24) is 15.5 Å². The van der Waals surface area contributed by atoms with Crippen LogP contribution in [0.15, 0.2) is 0 Å². The average molecular weight is 251 g/mol. The molecule has 1 heterocycles. The van der Waals surface area contributed by atoms with Crippen LogP contribution >= 0.6 is 0 Å². The molecule has 1 fully saturated rings. The van der Waals surface area contributed by atoms with E-state index < -0.39 is 0 Å². The highest BCUT2D eigenvalue weighted by Gasteiger charge is 2.17. The van der Waals surface area contributed by atoms with Crippen molar-refractivity contribution < 1.29 is 4.79 Å². The molecule has 0 spiro atoms. The molecule has 4 nitrogen and oxygen atoms in total. The van der Waals surface area contributed by atoms with Crippen molar-refractivity contribution in [3.05, 3.63) is 0 Å². The molecule has 0 bridgehead atoms. The lowest BCUT2D eigenvalue weighted by Crippen LogP contribution is -2.49. The minimum absolute atomic E-state index is 0.0292. The first-order valence-corrected chi connectivity index (χ1v) is 6.83. The monoisotopic (exact) mass is 251 g/mol. The summed E-state index contributed by atoms with van der Waals surface area (Å²) in [5, 5.41) is 6.00. The van der Waals surface area contributed by atoms with Gasteiger partial charge in [-0.15, -0.1) is 6.42 Å². The maximum Gasteiger partial charge on any atom is 0.237 e. The predicted octanol–water partition coefficient (Wildman–Crippen LogP) is 0.588. The molecule has 0 saturated carbocycles. The summed E-state index contributed by atoms with van der Waals surface area (Å²) in [6.07, 6.45) is 9.05. The van der Waals surface area contributed by atoms with E-state index in [1.165, 1.54) is 32.4 Å². The van der Waals surface area contributed by atoms with Gasteiger partial charge < -0.3 is 15.5 Å². The lowest BCUT2D eigenvalue weighted by Gasteiger charge is -2.30. The number of rotatable bonds is 6. The molecule has 1 rings (SSSR count). The van der Waals surface area contributed by atoms with Gasteiger partial charge in [-0.2, -0.15) is 0 Å². The number of hydrogen-bond donors (Lipinski definition) is 2. The van der Waals surface area contributed by atoms with Crippen molar-refractivity contribution in [2.75, 3.05) is 26.2 Å². The normalized spacial score (nSPS) is 19.8. The Hall–Kier alpha value is -1.05. The van der Waals surface area contributed by atoms with Gasteiger partial charge in [0.25, 0.3) is 0 Å². The number of likely N-dealkylation sites (tertiary alicyclic amines) is 1. The Morgan fingerprint density at radius 1 is 1.33 bits per heavy atom. The van der Waals surface area contributed by atoms with Crippen LogP contribution in [0.2, 0.25) is 0 Å². The van der Waals surface area contributed by atoms with Crippen molar-refractivity contribution in [2.45, 2.75) is 45.2 Å². The third-order valence-corrected chi connectivity index (χ3v) is 3.27. The lowest BCUT2D eigenvalue weighted by atomic mass is 10.1. The Bertz CT molecular complexity index is 292. The number of piperidine rings is 1. The van der Waals surface area contributed by atoms with Crippen LogP contribution < -0.4 is 10.6 Å². The van der Waals surface area contributed by atoms with Gasteiger partial charge in [0.2, 0.25) is 5.91 Å². The van der Waals surface area contributed by atoms with Gasteiger partial charge in [0.1, 0.15) is 0 Å². The van der Waals surface area contributed by atoms with Gasteiger partial charge in [0.05, 0.1) is 12.6 Å². The molecule has 0 aliphatic carbocycles. The summed E-state index contributed by atoms with van der Waals surface area (Å²) in [6, 6.07) is 0.118. The van der Waals surface area contributed by atoms with Gasteiger partial charge in [-0.3, -0.25) is 4.79 Å². The fraction of sp³-hybridized carbons (Fsp3) is 0.786. The average Bonchev–Trinajstić information content (AvgIpc) is 2.36. The van der Waals surface area contributed by atoms with E-state index in [2.05, 4.69) is 28.4 Å². The molecule has 2 unspecified atom stereocenters. The molecule has 102 valence electrons. The van der Waals surface area contributed by atoms with E-state index in [1.807, 2.05) is 6.92 Å². The highest BCUT2D eigenvalue weighted by molar-refractivity contribution is 5.81. The minimum Gasteiger partial charge on any atom is -0.344 e. The zero-order valence-corrected chi connectivity index (χ0v) is 11.5. The largest absolute Gasteiger partial charge is 0.344 e. The summed E-state index contributed by atoms with van der Waals surface area (Å²) >= 11 is 0. The molecule has 18 heavy (non-hydrogen) atoms. The first-order valence-electron chi connectivity index (χ1n) is 6.83. The van der Waals surface area contributed by atoms with Crippen LogP contribution in [0.5, 0.6) is 0 Å². The van der Waals surface area contributed by atoms with Gasteiger partial charge in [0.15, 0.2) is 0 Å². The topological polar surface area (TPSA) is 44.4 Å². The highest BCUT2D eigenvalue weighted by Crippen LogP contribution is 2.08. The molecule has 1 aliphatic heterocycles. The van der Waals surface area contributed by atoms with Gasteiger partial charge in [-0.1, -0.05) is 12.3 Å². The number of amides is 1. The summed E-state index contributed by atoms with van der Waals surface area (Å²) in [7, 11) is 0. The van der Waals surface area contributed by atoms with Crippen LogP contribution in [0.25, 0.3) is 0 Å². The van der Waals surface area contributed by atoms with Crippen molar-refractivity contribution in [2.24, 2.45) is 0 Å². The molecule has 1 amide bonds. The van der Waals surface area contributed by atoms with Crippen molar-refractivity contribution in [3.8, 4) is 12.3 Å². The predicted molar refractivity (Wildman–Crippen MR) is 74.2 cm³/mol. The molecule has 1 aliphatic rings. The molecule has 0 aromatic heterocycles. The van der Waals surface area contributed by atoms with Gasteiger partial charge in [-0.25, -0.2) is 0 Å². The lowest BCUT2D eigenvalue weighted by molar-refractivity contribution is -0.122. The molecule has 2 N–H and O–H groups in total. The van der Waals surface area contributed by atoms with E-state index in [4.69, 9.17) is 6.42 Å². The summed E-state index contributed by atoms with van der Waals surface area (Å²) in [5.41, 5.74) is 0. The number of terminal acetylenes is 1. The Morgan fingerprint density at radius 2 is 2.00 bits per heavy atom. The maximum absolute atomic E-state index is 11.6. The first kappa shape index (κ1) is 15.0. The molecule has 2 atom stereocenters. The number of hydrogen-bond acceptors (Lipinski definition) is 3. The number of nitrogens with zero attached hydrogens (tertiary/aromatic N) is 1. The summed E-state index contributed by atoms with van der Waals surface area (Å²) in [4.78, 5) is 14.1. The second kappa shape index (κ2) is 8.12. The van der Waals surface area contributed by atoms with Crippen LogP contribution in [-0.4, -0.2) is 49.1 Å². The Kier molecular flexibility index (Phi) is 6.77. The zero-order chi connectivity index (χ0) is 13.4. The molecular formula is C14H25N3O. The highest BCUT2D eigenvalue weighted by atomic mass is 16.2. The smallest absolute Gasteiger partial charge is 0.237 e. The zero-order valence-electron chi connectivity index (χ0n) is 11.5. The fourth-order valence-corrected chi connectivity index (χ4v) is 2.38. The van der Waals surface area contributed by atoms with E-state index >= 15 is 0 Å². The van der Waals surface area contributed by atoms with E-state index in [-0.39, 0.29) is 11.9 Å². The maximum atomic E-state index is 11.6. The molecule has 1 saturated heterocycles. The molecule has 0 radical (unpaired) electrons. The minimum atomic E-state index is -0.196. The van der Waals surface area contributed by atoms with E-state index in [0.29, 0.717) is 12.6 Å². The third-order valence-electron chi connectivity index (χ3n) is 3.27. The first-order chi connectivity index (χ1) is 8.63. The summed E-state index contributed by atoms with van der Waals surface area (Å²) in [6.45, 7) is 7.67. The van der Waals surface area contributed by atoms with Crippen LogP contribution in [0, 0.1) is 12.3 Å². The number of carbonyl (C=O) groups excluding carboxylic acids is 1. The van der Waals surface area contributed by atoms with Gasteiger partial charge in [-0.05, 0) is 39.8 Å². The van der Waals surface area contributed by atoms with E-state index in [0.717, 1.165) is 6.54 Å².